The molecule has 3 nitrogen and oxygen atoms in total. The van der Waals surface area contributed by atoms with Crippen molar-refractivity contribution in [3.05, 3.63) is 194 Å². The summed E-state index contributed by atoms with van der Waals surface area (Å²) in [4.78, 5) is 10.9. The number of furan rings is 1. The number of benzene rings is 9. The first-order valence-electron chi connectivity index (χ1n) is 19.4. The van der Waals surface area contributed by atoms with Crippen molar-refractivity contribution >= 4 is 43.5 Å². The first-order chi connectivity index (χ1) is 28.3. The lowest BCUT2D eigenvalue weighted by molar-refractivity contribution is 0.673. The molecule has 0 unspecified atom stereocenters. The van der Waals surface area contributed by atoms with E-state index >= 15 is 0 Å². The molecule has 0 saturated carbocycles. The highest BCUT2D eigenvalue weighted by Crippen LogP contribution is 2.51. The van der Waals surface area contributed by atoms with Gasteiger partial charge < -0.3 is 4.42 Å². The zero-order chi connectivity index (χ0) is 37.5. The smallest absolute Gasteiger partial charge is 0.161 e. The van der Waals surface area contributed by atoms with Crippen LogP contribution in [0, 0.1) is 0 Å². The van der Waals surface area contributed by atoms with Gasteiger partial charge in [-0.05, 0) is 73.5 Å². The molecule has 0 N–H and O–H groups in total. The second kappa shape index (κ2) is 12.5. The van der Waals surface area contributed by atoms with Gasteiger partial charge in [-0.1, -0.05) is 176 Å². The van der Waals surface area contributed by atoms with E-state index in [1.54, 1.807) is 0 Å². The third-order valence-electron chi connectivity index (χ3n) is 11.7. The quantitative estimate of drug-likeness (QED) is 0.177. The molecule has 0 atom stereocenters. The molecule has 0 amide bonds. The van der Waals surface area contributed by atoms with E-state index in [1.807, 2.05) is 0 Å². The molecule has 0 aliphatic heterocycles. The van der Waals surface area contributed by atoms with Crippen LogP contribution in [-0.2, 0) is 0 Å². The molecule has 12 rings (SSSR count). The Morgan fingerprint density at radius 1 is 0.298 bits per heavy atom. The van der Waals surface area contributed by atoms with Crippen LogP contribution in [-0.4, -0.2) is 9.97 Å². The van der Waals surface area contributed by atoms with Gasteiger partial charge in [-0.3, -0.25) is 0 Å². The molecule has 0 radical (unpaired) electrons. The maximum atomic E-state index is 6.84. The summed E-state index contributed by atoms with van der Waals surface area (Å²) in [5, 5.41) is 6.84. The van der Waals surface area contributed by atoms with Crippen molar-refractivity contribution < 1.29 is 4.42 Å². The van der Waals surface area contributed by atoms with Crippen LogP contribution < -0.4 is 0 Å². The summed E-state index contributed by atoms with van der Waals surface area (Å²) in [6, 6.07) is 68.8. The zero-order valence-corrected chi connectivity index (χ0v) is 30.8. The molecule has 264 valence electrons. The number of nitrogens with zero attached hydrogens (tertiary/aromatic N) is 2. The molecule has 2 aromatic heterocycles. The van der Waals surface area contributed by atoms with Crippen LogP contribution in [0.2, 0.25) is 0 Å². The topological polar surface area (TPSA) is 38.9 Å². The molecular weight excluding hydrogens is 693 g/mol. The Balaban J connectivity index is 1.15. The molecular formula is C54H32N2O. The average Bonchev–Trinajstić information content (AvgIpc) is 3.83. The fraction of sp³-hybridized carbons (Fsp3) is 0. The number of fused-ring (bicyclic) bond motifs is 8. The minimum Gasteiger partial charge on any atom is -0.455 e. The normalized spacial score (nSPS) is 11.9. The minimum absolute atomic E-state index is 0.672. The summed E-state index contributed by atoms with van der Waals surface area (Å²) in [7, 11) is 0. The van der Waals surface area contributed by atoms with Gasteiger partial charge in [0.1, 0.15) is 11.2 Å². The van der Waals surface area contributed by atoms with Gasteiger partial charge in [-0.25, -0.2) is 9.97 Å². The van der Waals surface area contributed by atoms with Crippen LogP contribution in [0.5, 0.6) is 0 Å². The summed E-state index contributed by atoms with van der Waals surface area (Å²) >= 11 is 0. The summed E-state index contributed by atoms with van der Waals surface area (Å²) in [6.07, 6.45) is 0. The number of hydrogen-bond acceptors (Lipinski definition) is 3. The highest BCUT2D eigenvalue weighted by atomic mass is 16.3. The Labute approximate surface area is 329 Å². The highest BCUT2D eigenvalue weighted by molar-refractivity contribution is 6.27. The Bertz CT molecular complexity index is 3400. The van der Waals surface area contributed by atoms with Crippen molar-refractivity contribution in [3.8, 4) is 78.4 Å². The Kier molecular flexibility index (Phi) is 6.93. The van der Waals surface area contributed by atoms with Crippen LogP contribution in [0.3, 0.4) is 0 Å². The standard InChI is InChI=1S/C54H32N2O/c1-3-15-33(16-4-1)35-19-7-12-24-43(35)54-55-48(41-30-29-36(34-17-5-2-6-18-34)37-20-8-9-21-38(37)41)32-49(56-54)44-26-14-28-50-52(44)47-31-46-40-23-11-10-22-39(40)42-25-13-27-45(51(42)46)53(47)57-50/h1-32H. The van der Waals surface area contributed by atoms with Crippen molar-refractivity contribution in [2.75, 3.05) is 0 Å². The van der Waals surface area contributed by atoms with Crippen LogP contribution >= 0.6 is 0 Å². The van der Waals surface area contributed by atoms with E-state index in [2.05, 4.69) is 194 Å². The molecule has 57 heavy (non-hydrogen) atoms. The van der Waals surface area contributed by atoms with Crippen molar-refractivity contribution in [2.45, 2.75) is 0 Å². The summed E-state index contributed by atoms with van der Waals surface area (Å²) in [6.45, 7) is 0. The van der Waals surface area contributed by atoms with Gasteiger partial charge in [0.25, 0.3) is 0 Å². The lowest BCUT2D eigenvalue weighted by atomic mass is 9.93. The zero-order valence-electron chi connectivity index (χ0n) is 30.8. The van der Waals surface area contributed by atoms with Crippen molar-refractivity contribution in [1.82, 2.24) is 9.97 Å². The van der Waals surface area contributed by atoms with E-state index in [9.17, 15) is 0 Å². The molecule has 0 fully saturated rings. The van der Waals surface area contributed by atoms with Gasteiger partial charge in [0.05, 0.1) is 11.4 Å². The Morgan fingerprint density at radius 2 is 0.825 bits per heavy atom. The highest BCUT2D eigenvalue weighted by Gasteiger charge is 2.26. The maximum Gasteiger partial charge on any atom is 0.161 e. The van der Waals surface area contributed by atoms with Crippen molar-refractivity contribution in [1.29, 1.82) is 0 Å². The molecule has 0 spiro atoms. The molecule has 3 heteroatoms. The second-order valence-corrected chi connectivity index (χ2v) is 14.8. The Morgan fingerprint density at radius 3 is 1.58 bits per heavy atom. The fourth-order valence-corrected chi connectivity index (χ4v) is 9.14. The third kappa shape index (κ3) is 4.86. The van der Waals surface area contributed by atoms with Crippen LogP contribution in [0.25, 0.3) is 122 Å². The third-order valence-corrected chi connectivity index (χ3v) is 11.7. The van der Waals surface area contributed by atoms with E-state index in [0.29, 0.717) is 5.82 Å². The second-order valence-electron chi connectivity index (χ2n) is 14.8. The van der Waals surface area contributed by atoms with Crippen LogP contribution in [0.15, 0.2) is 199 Å². The molecule has 11 aromatic rings. The van der Waals surface area contributed by atoms with Gasteiger partial charge >= 0.3 is 0 Å². The SMILES string of the molecule is c1ccc(-c2ccccc2-c2nc(-c3ccc(-c4ccccc4)c4ccccc34)cc(-c3cccc4oc5c6cccc7c6c(cc5c34)-c3ccccc3-7)n2)cc1. The first kappa shape index (κ1) is 31.7. The lowest BCUT2D eigenvalue weighted by Gasteiger charge is -2.15. The fourth-order valence-electron chi connectivity index (χ4n) is 9.14. The monoisotopic (exact) mass is 724 g/mol. The molecule has 2 heterocycles. The maximum absolute atomic E-state index is 6.84. The van der Waals surface area contributed by atoms with E-state index in [1.165, 1.54) is 44.2 Å². The van der Waals surface area contributed by atoms with Gasteiger partial charge in [0.15, 0.2) is 5.82 Å². The predicted octanol–water partition coefficient (Wildman–Crippen LogP) is 14.7. The molecule has 0 bridgehead atoms. The number of aromatic nitrogens is 2. The van der Waals surface area contributed by atoms with Crippen molar-refractivity contribution in [2.24, 2.45) is 0 Å². The average molecular weight is 725 g/mol. The summed E-state index contributed by atoms with van der Waals surface area (Å²) in [5.41, 5.74) is 16.1. The van der Waals surface area contributed by atoms with Gasteiger partial charge in [-0.15, -0.1) is 0 Å². The van der Waals surface area contributed by atoms with E-state index < -0.39 is 0 Å². The van der Waals surface area contributed by atoms with E-state index in [4.69, 9.17) is 14.4 Å². The largest absolute Gasteiger partial charge is 0.455 e. The summed E-state index contributed by atoms with van der Waals surface area (Å²) in [5.74, 6) is 0.672. The van der Waals surface area contributed by atoms with Crippen LogP contribution in [0.4, 0.5) is 0 Å². The predicted molar refractivity (Wildman–Crippen MR) is 236 cm³/mol. The van der Waals surface area contributed by atoms with Gasteiger partial charge in [-0.2, -0.15) is 0 Å². The van der Waals surface area contributed by atoms with Gasteiger partial charge in [0.2, 0.25) is 0 Å². The van der Waals surface area contributed by atoms with Gasteiger partial charge in [0, 0.05) is 38.2 Å². The number of rotatable bonds is 5. The molecule has 1 aliphatic rings. The lowest BCUT2D eigenvalue weighted by Crippen LogP contribution is -1.98. The molecule has 0 saturated heterocycles. The Hall–Kier alpha value is -7.62. The van der Waals surface area contributed by atoms with Crippen LogP contribution in [0.1, 0.15) is 0 Å². The molecule has 1 aliphatic carbocycles. The van der Waals surface area contributed by atoms with E-state index in [0.717, 1.165) is 71.9 Å². The number of hydrogen-bond donors (Lipinski definition) is 0. The van der Waals surface area contributed by atoms with E-state index in [-0.39, 0.29) is 0 Å². The first-order valence-corrected chi connectivity index (χ1v) is 19.4. The summed E-state index contributed by atoms with van der Waals surface area (Å²) < 4.78 is 6.84. The molecule has 9 aromatic carbocycles. The minimum atomic E-state index is 0.672. The van der Waals surface area contributed by atoms with Crippen molar-refractivity contribution in [3.63, 3.8) is 0 Å².